The fraction of sp³-hybridized carbons (Fsp3) is 0.571. The first-order chi connectivity index (χ1) is 8.20. The van der Waals surface area contributed by atoms with Crippen LogP contribution in [0.15, 0.2) is 18.2 Å². The van der Waals surface area contributed by atoms with Crippen LogP contribution in [0.4, 0.5) is 4.39 Å². The molecule has 0 bridgehead atoms. The Labute approximate surface area is 102 Å². The van der Waals surface area contributed by atoms with Gasteiger partial charge in [0.25, 0.3) is 0 Å². The standard InChI is InChI=1S/C14H20FNO/c1-10(12-4-5-12)8-16-9-11-3-6-14(17-2)13(15)7-11/h3,6-7,10,12,16H,4-5,8-9H2,1-2H3. The number of hydrogen-bond donors (Lipinski definition) is 1. The van der Waals surface area contributed by atoms with E-state index in [9.17, 15) is 4.39 Å². The van der Waals surface area contributed by atoms with E-state index in [2.05, 4.69) is 12.2 Å². The molecule has 17 heavy (non-hydrogen) atoms. The topological polar surface area (TPSA) is 21.3 Å². The lowest BCUT2D eigenvalue weighted by atomic mass is 10.1. The maximum atomic E-state index is 13.4. The van der Waals surface area contributed by atoms with Crippen LogP contribution in [0, 0.1) is 17.7 Å². The number of hydrogen-bond acceptors (Lipinski definition) is 2. The van der Waals surface area contributed by atoms with Crippen molar-refractivity contribution in [1.29, 1.82) is 0 Å². The second kappa shape index (κ2) is 5.50. The zero-order chi connectivity index (χ0) is 12.3. The Kier molecular flexibility index (Phi) is 4.00. The summed E-state index contributed by atoms with van der Waals surface area (Å²) in [6.07, 6.45) is 2.75. The summed E-state index contributed by atoms with van der Waals surface area (Å²) in [5, 5.41) is 3.38. The van der Waals surface area contributed by atoms with Crippen molar-refractivity contribution in [3.05, 3.63) is 29.6 Å². The molecule has 1 unspecified atom stereocenters. The first-order valence-corrected chi connectivity index (χ1v) is 6.24. The van der Waals surface area contributed by atoms with E-state index in [0.29, 0.717) is 5.75 Å². The summed E-state index contributed by atoms with van der Waals surface area (Å²) in [4.78, 5) is 0. The third kappa shape index (κ3) is 3.43. The number of halogens is 1. The van der Waals surface area contributed by atoms with Gasteiger partial charge >= 0.3 is 0 Å². The van der Waals surface area contributed by atoms with Crippen molar-refractivity contribution in [1.82, 2.24) is 5.32 Å². The Hall–Kier alpha value is -1.09. The Bertz CT molecular complexity index is 376. The lowest BCUT2D eigenvalue weighted by Gasteiger charge is -2.11. The van der Waals surface area contributed by atoms with Gasteiger partial charge in [0, 0.05) is 6.54 Å². The normalized spacial score (nSPS) is 16.9. The monoisotopic (exact) mass is 237 g/mol. The van der Waals surface area contributed by atoms with Gasteiger partial charge in [0.15, 0.2) is 11.6 Å². The van der Waals surface area contributed by atoms with E-state index in [0.717, 1.165) is 30.5 Å². The highest BCUT2D eigenvalue weighted by atomic mass is 19.1. The third-order valence-electron chi connectivity index (χ3n) is 3.44. The maximum absolute atomic E-state index is 13.4. The second-order valence-corrected chi connectivity index (χ2v) is 4.91. The summed E-state index contributed by atoms with van der Waals surface area (Å²) in [6.45, 7) is 4.01. The number of nitrogens with one attached hydrogen (secondary N) is 1. The van der Waals surface area contributed by atoms with Gasteiger partial charge in [0.05, 0.1) is 7.11 Å². The van der Waals surface area contributed by atoms with Crippen LogP contribution < -0.4 is 10.1 Å². The molecule has 94 valence electrons. The zero-order valence-electron chi connectivity index (χ0n) is 10.5. The molecule has 0 spiro atoms. The van der Waals surface area contributed by atoms with Crippen LogP contribution in [-0.4, -0.2) is 13.7 Å². The molecule has 0 saturated heterocycles. The van der Waals surface area contributed by atoms with Gasteiger partial charge in [-0.25, -0.2) is 4.39 Å². The molecule has 1 saturated carbocycles. The van der Waals surface area contributed by atoms with Crippen molar-refractivity contribution in [2.24, 2.45) is 11.8 Å². The number of rotatable bonds is 6. The summed E-state index contributed by atoms with van der Waals surface area (Å²) in [5.41, 5.74) is 0.964. The summed E-state index contributed by atoms with van der Waals surface area (Å²) in [6, 6.07) is 5.11. The van der Waals surface area contributed by atoms with Crippen LogP contribution in [0.1, 0.15) is 25.3 Å². The Balaban J connectivity index is 1.80. The molecule has 1 aromatic rings. The second-order valence-electron chi connectivity index (χ2n) is 4.91. The number of methoxy groups -OCH3 is 1. The molecule has 1 aliphatic carbocycles. The highest BCUT2D eigenvalue weighted by molar-refractivity contribution is 5.29. The van der Waals surface area contributed by atoms with Gasteiger partial charge in [-0.05, 0) is 48.9 Å². The van der Waals surface area contributed by atoms with E-state index >= 15 is 0 Å². The predicted molar refractivity (Wildman–Crippen MR) is 66.5 cm³/mol. The summed E-state index contributed by atoms with van der Waals surface area (Å²) in [7, 11) is 1.48. The molecule has 3 heteroatoms. The van der Waals surface area contributed by atoms with Crippen molar-refractivity contribution in [2.45, 2.75) is 26.3 Å². The molecule has 1 fully saturated rings. The van der Waals surface area contributed by atoms with Crippen LogP contribution in [0.2, 0.25) is 0 Å². The number of ether oxygens (including phenoxy) is 1. The SMILES string of the molecule is COc1ccc(CNCC(C)C2CC2)cc1F. The van der Waals surface area contributed by atoms with Crippen LogP contribution in [0.3, 0.4) is 0 Å². The molecule has 0 amide bonds. The molecule has 0 radical (unpaired) electrons. The van der Waals surface area contributed by atoms with E-state index in [-0.39, 0.29) is 5.82 Å². The van der Waals surface area contributed by atoms with Gasteiger partial charge in [0.1, 0.15) is 0 Å². The molecule has 1 N–H and O–H groups in total. The van der Waals surface area contributed by atoms with Crippen molar-refractivity contribution < 1.29 is 9.13 Å². The number of benzene rings is 1. The summed E-state index contributed by atoms with van der Waals surface area (Å²) >= 11 is 0. The van der Waals surface area contributed by atoms with Gasteiger partial charge in [-0.3, -0.25) is 0 Å². The van der Waals surface area contributed by atoms with Crippen LogP contribution in [0.25, 0.3) is 0 Å². The van der Waals surface area contributed by atoms with E-state index in [1.165, 1.54) is 26.0 Å². The maximum Gasteiger partial charge on any atom is 0.165 e. The first-order valence-electron chi connectivity index (χ1n) is 6.24. The van der Waals surface area contributed by atoms with Crippen molar-refractivity contribution in [3.8, 4) is 5.75 Å². The summed E-state index contributed by atoms with van der Waals surface area (Å²) < 4.78 is 18.3. The molecule has 2 rings (SSSR count). The fourth-order valence-corrected chi connectivity index (χ4v) is 2.10. The van der Waals surface area contributed by atoms with Crippen LogP contribution in [0.5, 0.6) is 5.75 Å². The molecule has 0 aliphatic heterocycles. The van der Waals surface area contributed by atoms with Gasteiger partial charge in [-0.2, -0.15) is 0 Å². The highest BCUT2D eigenvalue weighted by Gasteiger charge is 2.27. The van der Waals surface area contributed by atoms with Crippen molar-refractivity contribution in [2.75, 3.05) is 13.7 Å². The smallest absolute Gasteiger partial charge is 0.165 e. The Morgan fingerprint density at radius 1 is 1.47 bits per heavy atom. The molecule has 1 atom stereocenters. The Morgan fingerprint density at radius 2 is 2.24 bits per heavy atom. The quantitative estimate of drug-likeness (QED) is 0.821. The minimum atomic E-state index is -0.290. The predicted octanol–water partition coefficient (Wildman–Crippen LogP) is 2.97. The van der Waals surface area contributed by atoms with Gasteiger partial charge in [-0.15, -0.1) is 0 Å². The molecule has 1 aliphatic rings. The van der Waals surface area contributed by atoms with E-state index in [4.69, 9.17) is 4.74 Å². The van der Waals surface area contributed by atoms with E-state index in [1.54, 1.807) is 6.07 Å². The van der Waals surface area contributed by atoms with E-state index < -0.39 is 0 Å². The van der Waals surface area contributed by atoms with Crippen molar-refractivity contribution in [3.63, 3.8) is 0 Å². The molecular formula is C14H20FNO. The van der Waals surface area contributed by atoms with Crippen LogP contribution >= 0.6 is 0 Å². The Morgan fingerprint density at radius 3 is 2.82 bits per heavy atom. The van der Waals surface area contributed by atoms with Gasteiger partial charge < -0.3 is 10.1 Å². The average Bonchev–Trinajstić information content (AvgIpc) is 3.13. The lowest BCUT2D eigenvalue weighted by Crippen LogP contribution is -2.21. The summed E-state index contributed by atoms with van der Waals surface area (Å²) in [5.74, 6) is 1.66. The van der Waals surface area contributed by atoms with Crippen LogP contribution in [-0.2, 0) is 6.54 Å². The fourth-order valence-electron chi connectivity index (χ4n) is 2.10. The molecule has 0 heterocycles. The zero-order valence-corrected chi connectivity index (χ0v) is 10.5. The van der Waals surface area contributed by atoms with E-state index in [1.807, 2.05) is 6.07 Å². The van der Waals surface area contributed by atoms with Gasteiger partial charge in [-0.1, -0.05) is 13.0 Å². The molecular weight excluding hydrogens is 217 g/mol. The molecule has 2 nitrogen and oxygen atoms in total. The first kappa shape index (κ1) is 12.4. The van der Waals surface area contributed by atoms with Gasteiger partial charge in [0.2, 0.25) is 0 Å². The average molecular weight is 237 g/mol. The van der Waals surface area contributed by atoms with Crippen molar-refractivity contribution >= 4 is 0 Å². The molecule has 0 aromatic heterocycles. The third-order valence-corrected chi connectivity index (χ3v) is 3.44. The largest absolute Gasteiger partial charge is 0.494 e. The lowest BCUT2D eigenvalue weighted by molar-refractivity contribution is 0.386. The highest BCUT2D eigenvalue weighted by Crippen LogP contribution is 2.36. The molecule has 1 aromatic carbocycles. The minimum Gasteiger partial charge on any atom is -0.494 e. The minimum absolute atomic E-state index is 0.290.